The highest BCUT2D eigenvalue weighted by atomic mass is 16.2. The minimum absolute atomic E-state index is 0.0191. The lowest BCUT2D eigenvalue weighted by Gasteiger charge is -2.46. The largest absolute Gasteiger partial charge is 0.335 e. The number of nitrogens with zero attached hydrogens (tertiary/aromatic N) is 1. The quantitative estimate of drug-likeness (QED) is 0.696. The van der Waals surface area contributed by atoms with Crippen LogP contribution < -0.4 is 5.32 Å². The lowest BCUT2D eigenvalue weighted by molar-refractivity contribution is -0.140. The number of rotatable bonds is 3. The van der Waals surface area contributed by atoms with E-state index < -0.39 is 0 Å². The first-order valence-corrected chi connectivity index (χ1v) is 12.5. The molecule has 2 unspecified atom stereocenters. The minimum Gasteiger partial charge on any atom is -0.335 e. The van der Waals surface area contributed by atoms with E-state index >= 15 is 0 Å². The van der Waals surface area contributed by atoms with Gasteiger partial charge in [-0.25, -0.2) is 0 Å². The molecule has 2 aliphatic heterocycles. The van der Waals surface area contributed by atoms with Crippen LogP contribution >= 0.6 is 0 Å². The molecule has 2 aliphatic carbocycles. The Bertz CT molecular complexity index is 1130. The number of allylic oxidation sites excluding steroid dienone is 4. The molecule has 168 valence electrons. The summed E-state index contributed by atoms with van der Waals surface area (Å²) < 4.78 is 0. The molecule has 3 nitrogen and oxygen atoms in total. The lowest BCUT2D eigenvalue weighted by atomic mass is 9.70. The van der Waals surface area contributed by atoms with Crippen LogP contribution in [0.4, 0.5) is 0 Å². The molecule has 3 heteroatoms. The maximum Gasteiger partial charge on any atom is 0.228 e. The second-order valence-electron chi connectivity index (χ2n) is 10.0. The molecule has 1 spiro atoms. The van der Waals surface area contributed by atoms with E-state index in [4.69, 9.17) is 0 Å². The van der Waals surface area contributed by atoms with Crippen LogP contribution in [0.2, 0.25) is 0 Å². The second-order valence-corrected chi connectivity index (χ2v) is 10.0. The van der Waals surface area contributed by atoms with Crippen molar-refractivity contribution in [3.05, 3.63) is 101 Å². The number of nitrogens with one attached hydrogen (secondary N) is 1. The maximum atomic E-state index is 14.1. The van der Waals surface area contributed by atoms with Crippen LogP contribution in [0.3, 0.4) is 0 Å². The zero-order valence-corrected chi connectivity index (χ0v) is 19.1. The standard InChI is InChI=1S/C30H32N2O/c33-29(26-21-31-20-25(26)22-9-3-1-4-10-22)32-18-17-30(16-15-23-11-7-8-14-27(23)30)19-28(32)24-12-5-2-6-13-24/h2-3,5-16,25-26,28,31H,1,4,17-21H2/t25-,26+,28?,30?/m0/s1. The van der Waals surface area contributed by atoms with Gasteiger partial charge in [0.25, 0.3) is 0 Å². The van der Waals surface area contributed by atoms with E-state index in [0.717, 1.165) is 45.3 Å². The van der Waals surface area contributed by atoms with Gasteiger partial charge in [0, 0.05) is 31.0 Å². The first-order chi connectivity index (χ1) is 16.3. The predicted octanol–water partition coefficient (Wildman–Crippen LogP) is 5.43. The van der Waals surface area contributed by atoms with E-state index in [1.807, 2.05) is 0 Å². The van der Waals surface area contributed by atoms with E-state index in [1.165, 1.54) is 22.3 Å². The van der Waals surface area contributed by atoms with Crippen molar-refractivity contribution in [2.75, 3.05) is 19.6 Å². The van der Waals surface area contributed by atoms with Crippen molar-refractivity contribution in [2.45, 2.75) is 37.1 Å². The molecule has 1 N–H and O–H groups in total. The Morgan fingerprint density at radius 1 is 0.970 bits per heavy atom. The predicted molar refractivity (Wildman–Crippen MR) is 134 cm³/mol. The van der Waals surface area contributed by atoms with Crippen LogP contribution in [0.5, 0.6) is 0 Å². The van der Waals surface area contributed by atoms with Gasteiger partial charge >= 0.3 is 0 Å². The number of likely N-dealkylation sites (tertiary alicyclic amines) is 1. The zero-order valence-electron chi connectivity index (χ0n) is 19.1. The van der Waals surface area contributed by atoms with Crippen LogP contribution in [0.15, 0.2) is 84.5 Å². The van der Waals surface area contributed by atoms with Gasteiger partial charge in [-0.1, -0.05) is 85.0 Å². The highest BCUT2D eigenvalue weighted by molar-refractivity contribution is 5.81. The van der Waals surface area contributed by atoms with Crippen LogP contribution in [-0.2, 0) is 10.2 Å². The van der Waals surface area contributed by atoms with Gasteiger partial charge in [0.15, 0.2) is 0 Å². The molecule has 0 saturated carbocycles. The summed E-state index contributed by atoms with van der Waals surface area (Å²) >= 11 is 0. The molecular formula is C30H32N2O. The highest BCUT2D eigenvalue weighted by Gasteiger charge is 2.46. The van der Waals surface area contributed by atoms with Gasteiger partial charge in [0.1, 0.15) is 0 Å². The van der Waals surface area contributed by atoms with Crippen LogP contribution in [0, 0.1) is 11.8 Å². The molecule has 0 bridgehead atoms. The smallest absolute Gasteiger partial charge is 0.228 e. The van der Waals surface area contributed by atoms with Gasteiger partial charge in [-0.2, -0.15) is 0 Å². The normalized spacial score (nSPS) is 30.5. The summed E-state index contributed by atoms with van der Waals surface area (Å²) in [7, 11) is 0. The third-order valence-electron chi connectivity index (χ3n) is 8.26. The summed E-state index contributed by atoms with van der Waals surface area (Å²) in [6, 6.07) is 19.6. The van der Waals surface area contributed by atoms with Crippen molar-refractivity contribution in [3.63, 3.8) is 0 Å². The van der Waals surface area contributed by atoms with Gasteiger partial charge in [-0.15, -0.1) is 0 Å². The zero-order chi connectivity index (χ0) is 22.3. The fourth-order valence-electron chi connectivity index (χ4n) is 6.51. The van der Waals surface area contributed by atoms with Gasteiger partial charge in [-0.05, 0) is 47.9 Å². The number of hydrogen-bond acceptors (Lipinski definition) is 2. The number of hydrogen-bond donors (Lipinski definition) is 1. The summed E-state index contributed by atoms with van der Waals surface area (Å²) in [5.41, 5.74) is 5.38. The number of benzene rings is 2. The summed E-state index contributed by atoms with van der Waals surface area (Å²) in [4.78, 5) is 16.3. The van der Waals surface area contributed by atoms with E-state index in [-0.39, 0.29) is 23.3 Å². The Hall–Kier alpha value is -2.91. The molecule has 1 amide bonds. The monoisotopic (exact) mass is 436 g/mol. The van der Waals surface area contributed by atoms with E-state index in [0.29, 0.717) is 5.91 Å². The number of carbonyl (C=O) groups is 1. The van der Waals surface area contributed by atoms with Gasteiger partial charge in [0.2, 0.25) is 5.91 Å². The van der Waals surface area contributed by atoms with Gasteiger partial charge in [0.05, 0.1) is 12.0 Å². The van der Waals surface area contributed by atoms with Crippen molar-refractivity contribution in [1.29, 1.82) is 0 Å². The third kappa shape index (κ3) is 3.59. The molecule has 4 aliphatic rings. The fraction of sp³-hybridized carbons (Fsp3) is 0.367. The summed E-state index contributed by atoms with van der Waals surface area (Å²) in [6.07, 6.45) is 15.7. The van der Waals surface area contributed by atoms with E-state index in [2.05, 4.69) is 95.2 Å². The van der Waals surface area contributed by atoms with Crippen molar-refractivity contribution >= 4 is 12.0 Å². The van der Waals surface area contributed by atoms with Crippen molar-refractivity contribution in [1.82, 2.24) is 10.2 Å². The molecule has 0 aromatic heterocycles. The molecule has 2 fully saturated rings. The Balaban J connectivity index is 1.32. The molecule has 0 radical (unpaired) electrons. The van der Waals surface area contributed by atoms with Crippen molar-refractivity contribution in [2.24, 2.45) is 11.8 Å². The fourth-order valence-corrected chi connectivity index (χ4v) is 6.51. The number of piperidine rings is 1. The Morgan fingerprint density at radius 3 is 2.67 bits per heavy atom. The number of carbonyl (C=O) groups excluding carboxylic acids is 1. The summed E-state index contributed by atoms with van der Waals surface area (Å²) in [5.74, 6) is 0.628. The minimum atomic E-state index is 0.0191. The average Bonchev–Trinajstić information content (AvgIpc) is 3.51. The third-order valence-corrected chi connectivity index (χ3v) is 8.26. The van der Waals surface area contributed by atoms with Crippen LogP contribution in [-0.4, -0.2) is 30.4 Å². The van der Waals surface area contributed by atoms with E-state index in [9.17, 15) is 4.79 Å². The topological polar surface area (TPSA) is 32.3 Å². The van der Waals surface area contributed by atoms with Gasteiger partial charge < -0.3 is 10.2 Å². The Kier molecular flexibility index (Phi) is 5.30. The molecule has 2 saturated heterocycles. The molecular weight excluding hydrogens is 404 g/mol. The molecule has 2 heterocycles. The molecule has 2 aromatic rings. The van der Waals surface area contributed by atoms with Crippen LogP contribution in [0.25, 0.3) is 6.08 Å². The van der Waals surface area contributed by atoms with E-state index in [1.54, 1.807) is 0 Å². The first-order valence-electron chi connectivity index (χ1n) is 12.5. The molecule has 4 atom stereocenters. The van der Waals surface area contributed by atoms with Gasteiger partial charge in [-0.3, -0.25) is 4.79 Å². The number of amides is 1. The lowest BCUT2D eigenvalue weighted by Crippen LogP contribution is -2.49. The summed E-state index contributed by atoms with van der Waals surface area (Å²) in [5, 5.41) is 3.52. The average molecular weight is 437 g/mol. The second kappa shape index (κ2) is 8.46. The molecule has 2 aromatic carbocycles. The number of fused-ring (bicyclic) bond motifs is 2. The Morgan fingerprint density at radius 2 is 1.82 bits per heavy atom. The SMILES string of the molecule is O=C([C@@H]1CNC[C@H]1C1=CCCC=C1)N1CCC2(C=Cc3ccccc32)CC1c1ccccc1. The van der Waals surface area contributed by atoms with Crippen molar-refractivity contribution in [3.8, 4) is 0 Å². The highest BCUT2D eigenvalue weighted by Crippen LogP contribution is 2.50. The molecule has 33 heavy (non-hydrogen) atoms. The first kappa shape index (κ1) is 20.7. The maximum absolute atomic E-state index is 14.1. The summed E-state index contributed by atoms with van der Waals surface area (Å²) in [6.45, 7) is 2.48. The van der Waals surface area contributed by atoms with Crippen LogP contribution in [0.1, 0.15) is 48.4 Å². The molecule has 6 rings (SSSR count). The van der Waals surface area contributed by atoms with Crippen molar-refractivity contribution < 1.29 is 4.79 Å². The Labute approximate surface area is 196 Å².